The number of allylic oxidation sites excluding steroid dienone is 2. The number of carbonyl (C=O) groups is 2. The first kappa shape index (κ1) is 22.2. The van der Waals surface area contributed by atoms with Gasteiger partial charge in [-0.3, -0.25) is 9.59 Å². The minimum absolute atomic E-state index is 0.0343. The summed E-state index contributed by atoms with van der Waals surface area (Å²) >= 11 is 6.41. The lowest BCUT2D eigenvalue weighted by atomic mass is 9.71. The van der Waals surface area contributed by atoms with Gasteiger partial charge in [0.1, 0.15) is 10.7 Å². The number of carbonyl (C=O) groups excluding carboxylic acids is 2. The largest absolute Gasteiger partial charge is 0.493 e. The quantitative estimate of drug-likeness (QED) is 0.662. The number of Topliss-reactive ketones (excluding diaryl/α,β-unsaturated/α-hetero) is 2. The van der Waals surface area contributed by atoms with Gasteiger partial charge in [-0.25, -0.2) is 0 Å². The fraction of sp³-hybridized carbons (Fsp3) is 0.360. The molecule has 1 N–H and O–H groups in total. The highest BCUT2D eigenvalue weighted by molar-refractivity contribution is 6.50. The van der Waals surface area contributed by atoms with Gasteiger partial charge in [0.25, 0.3) is 0 Å². The summed E-state index contributed by atoms with van der Waals surface area (Å²) in [6, 6.07) is 7.04. The van der Waals surface area contributed by atoms with E-state index < -0.39 is 0 Å². The third kappa shape index (κ3) is 3.52. The van der Waals surface area contributed by atoms with E-state index in [1.807, 2.05) is 12.1 Å². The Balaban J connectivity index is 1.78. The summed E-state index contributed by atoms with van der Waals surface area (Å²) in [6.45, 7) is 4.34. The molecule has 32 heavy (non-hydrogen) atoms. The molecule has 6 nitrogen and oxygen atoms in total. The van der Waals surface area contributed by atoms with E-state index in [1.54, 1.807) is 12.1 Å². The molecule has 168 valence electrons. The fourth-order valence-electron chi connectivity index (χ4n) is 4.59. The Bertz CT molecular complexity index is 1140. The van der Waals surface area contributed by atoms with Crippen LogP contribution in [0.5, 0.6) is 17.2 Å². The standard InChI is InChI=1S/C25H26ClNO5/c1-25(2)8-6-7-13-9-15-16(12-17(13)25)23(29)21(20(26)22(15)28)27-14-10-18(30-3)24(32-5)19(11-14)31-4/h9-12,27H,6-8H2,1-5H3. The third-order valence-corrected chi connectivity index (χ3v) is 6.65. The molecule has 0 unspecified atom stereocenters. The lowest BCUT2D eigenvalue weighted by molar-refractivity contribution is 0.0981. The van der Waals surface area contributed by atoms with E-state index >= 15 is 0 Å². The molecule has 0 atom stereocenters. The normalized spacial score (nSPS) is 16.9. The van der Waals surface area contributed by atoms with Gasteiger partial charge in [-0.1, -0.05) is 25.4 Å². The summed E-state index contributed by atoms with van der Waals surface area (Å²) in [6.07, 6.45) is 2.98. The van der Waals surface area contributed by atoms with Crippen molar-refractivity contribution >= 4 is 28.9 Å². The second-order valence-electron chi connectivity index (χ2n) is 8.68. The van der Waals surface area contributed by atoms with Gasteiger partial charge in [0, 0.05) is 28.9 Å². The van der Waals surface area contributed by atoms with E-state index in [2.05, 4.69) is 19.2 Å². The summed E-state index contributed by atoms with van der Waals surface area (Å²) in [4.78, 5) is 26.6. The summed E-state index contributed by atoms with van der Waals surface area (Å²) < 4.78 is 16.1. The number of benzene rings is 2. The number of ketones is 2. The highest BCUT2D eigenvalue weighted by Crippen LogP contribution is 2.43. The molecule has 0 saturated carbocycles. The van der Waals surface area contributed by atoms with Crippen LogP contribution >= 0.6 is 11.6 Å². The Labute approximate surface area is 192 Å². The van der Waals surface area contributed by atoms with Crippen LogP contribution in [0.1, 0.15) is 58.5 Å². The lowest BCUT2D eigenvalue weighted by Crippen LogP contribution is -2.29. The topological polar surface area (TPSA) is 73.9 Å². The average Bonchev–Trinajstić information content (AvgIpc) is 2.78. The predicted octanol–water partition coefficient (Wildman–Crippen LogP) is 5.27. The van der Waals surface area contributed by atoms with E-state index in [1.165, 1.54) is 21.3 Å². The molecule has 0 heterocycles. The van der Waals surface area contributed by atoms with Crippen molar-refractivity contribution in [3.63, 3.8) is 0 Å². The second-order valence-corrected chi connectivity index (χ2v) is 9.06. The molecule has 2 aromatic carbocycles. The van der Waals surface area contributed by atoms with E-state index in [0.29, 0.717) is 34.1 Å². The first-order valence-electron chi connectivity index (χ1n) is 10.5. The van der Waals surface area contributed by atoms with Crippen LogP contribution in [0.4, 0.5) is 5.69 Å². The zero-order chi connectivity index (χ0) is 23.2. The molecule has 4 rings (SSSR count). The zero-order valence-electron chi connectivity index (χ0n) is 18.8. The van der Waals surface area contributed by atoms with Crippen molar-refractivity contribution in [2.45, 2.75) is 38.5 Å². The van der Waals surface area contributed by atoms with Crippen LogP contribution in [0.2, 0.25) is 0 Å². The van der Waals surface area contributed by atoms with Crippen molar-refractivity contribution in [3.8, 4) is 17.2 Å². The maximum atomic E-state index is 13.5. The SMILES string of the molecule is COc1cc(NC2=C(Cl)C(=O)c3cc4c(cc3C2=O)C(C)(C)CCC4)cc(OC)c1OC. The smallest absolute Gasteiger partial charge is 0.211 e. The third-order valence-electron chi connectivity index (χ3n) is 6.29. The molecule has 0 amide bonds. The molecule has 0 aliphatic heterocycles. The Hall–Kier alpha value is -2.99. The number of anilines is 1. The van der Waals surface area contributed by atoms with Gasteiger partial charge >= 0.3 is 0 Å². The van der Waals surface area contributed by atoms with E-state index in [0.717, 1.165) is 30.4 Å². The van der Waals surface area contributed by atoms with E-state index in [9.17, 15) is 9.59 Å². The van der Waals surface area contributed by atoms with Gasteiger partial charge in [0.2, 0.25) is 17.3 Å². The summed E-state index contributed by atoms with van der Waals surface area (Å²) in [5, 5.41) is 2.88. The van der Waals surface area contributed by atoms with Gasteiger partial charge in [-0.2, -0.15) is 0 Å². The molecule has 2 aliphatic carbocycles. The van der Waals surface area contributed by atoms with Crippen LogP contribution in [-0.2, 0) is 11.8 Å². The zero-order valence-corrected chi connectivity index (χ0v) is 19.6. The maximum Gasteiger partial charge on any atom is 0.211 e. The summed E-state index contributed by atoms with van der Waals surface area (Å²) in [7, 11) is 4.52. The van der Waals surface area contributed by atoms with E-state index in [-0.39, 0.29) is 27.7 Å². The molecule has 0 radical (unpaired) electrons. The van der Waals surface area contributed by atoms with Gasteiger partial charge in [-0.15, -0.1) is 0 Å². The molecule has 0 bridgehead atoms. The van der Waals surface area contributed by atoms with Crippen molar-refractivity contribution in [2.75, 3.05) is 26.6 Å². The van der Waals surface area contributed by atoms with Crippen LogP contribution in [-0.4, -0.2) is 32.9 Å². The summed E-state index contributed by atoms with van der Waals surface area (Å²) in [5.74, 6) is 0.574. The number of ether oxygens (including phenoxy) is 3. The Morgan fingerprint density at radius 1 is 0.906 bits per heavy atom. The first-order chi connectivity index (χ1) is 15.2. The molecule has 0 aromatic heterocycles. The fourth-order valence-corrected chi connectivity index (χ4v) is 4.82. The van der Waals surface area contributed by atoms with Crippen molar-refractivity contribution in [2.24, 2.45) is 0 Å². The van der Waals surface area contributed by atoms with E-state index in [4.69, 9.17) is 25.8 Å². The number of hydrogen-bond acceptors (Lipinski definition) is 6. The number of fused-ring (bicyclic) bond motifs is 2. The van der Waals surface area contributed by atoms with Crippen LogP contribution in [0, 0.1) is 0 Å². The minimum atomic E-state index is -0.359. The van der Waals surface area contributed by atoms with Crippen molar-refractivity contribution in [1.82, 2.24) is 0 Å². The monoisotopic (exact) mass is 455 g/mol. The maximum absolute atomic E-state index is 13.5. The Kier molecular flexibility index (Phi) is 5.67. The lowest BCUT2D eigenvalue weighted by Gasteiger charge is -2.34. The van der Waals surface area contributed by atoms with Crippen LogP contribution in [0.15, 0.2) is 35.0 Å². The van der Waals surface area contributed by atoms with Gasteiger partial charge < -0.3 is 19.5 Å². The molecule has 0 spiro atoms. The summed E-state index contributed by atoms with van der Waals surface area (Å²) in [5.41, 5.74) is 3.44. The Morgan fingerprint density at radius 3 is 2.12 bits per heavy atom. The molecule has 0 fully saturated rings. The molecule has 7 heteroatoms. The highest BCUT2D eigenvalue weighted by Gasteiger charge is 2.36. The number of nitrogens with one attached hydrogen (secondary N) is 1. The molecule has 0 saturated heterocycles. The predicted molar refractivity (Wildman–Crippen MR) is 124 cm³/mol. The molecular formula is C25H26ClNO5. The number of rotatable bonds is 5. The van der Waals surface area contributed by atoms with Crippen LogP contribution in [0.3, 0.4) is 0 Å². The van der Waals surface area contributed by atoms with Gasteiger partial charge in [-0.05, 0) is 47.9 Å². The van der Waals surface area contributed by atoms with Gasteiger partial charge in [0.05, 0.1) is 21.3 Å². The van der Waals surface area contributed by atoms with Crippen molar-refractivity contribution < 1.29 is 23.8 Å². The van der Waals surface area contributed by atoms with Crippen molar-refractivity contribution in [3.05, 3.63) is 57.2 Å². The molecule has 2 aromatic rings. The van der Waals surface area contributed by atoms with Crippen molar-refractivity contribution in [1.29, 1.82) is 0 Å². The average molecular weight is 456 g/mol. The minimum Gasteiger partial charge on any atom is -0.493 e. The number of aryl methyl sites for hydroxylation is 1. The first-order valence-corrected chi connectivity index (χ1v) is 10.8. The Morgan fingerprint density at radius 2 is 1.53 bits per heavy atom. The second kappa shape index (κ2) is 8.17. The number of hydrogen-bond donors (Lipinski definition) is 1. The van der Waals surface area contributed by atoms with Crippen LogP contribution < -0.4 is 19.5 Å². The molecule has 2 aliphatic rings. The van der Waals surface area contributed by atoms with Gasteiger partial charge in [0.15, 0.2) is 11.5 Å². The molecular weight excluding hydrogens is 430 g/mol. The number of halogens is 1. The highest BCUT2D eigenvalue weighted by atomic mass is 35.5. The number of methoxy groups -OCH3 is 3. The van der Waals surface area contributed by atoms with Crippen LogP contribution in [0.25, 0.3) is 0 Å².